The summed E-state index contributed by atoms with van der Waals surface area (Å²) in [6.45, 7) is 4.79. The number of nitrogens with zero attached hydrogens (tertiary/aromatic N) is 3. The number of thiazole rings is 1. The van der Waals surface area contributed by atoms with Gasteiger partial charge in [0.1, 0.15) is 5.75 Å². The van der Waals surface area contributed by atoms with E-state index in [1.54, 1.807) is 0 Å². The third-order valence-electron chi connectivity index (χ3n) is 4.11. The molecule has 2 aromatic heterocycles. The molecule has 0 fully saturated rings. The summed E-state index contributed by atoms with van der Waals surface area (Å²) in [5.41, 5.74) is 2.85. The lowest BCUT2D eigenvalue weighted by molar-refractivity contribution is 0.317. The first-order chi connectivity index (χ1) is 13.1. The molecule has 0 aliphatic heterocycles. The van der Waals surface area contributed by atoms with Gasteiger partial charge in [-0.15, -0.1) is 5.10 Å². The van der Waals surface area contributed by atoms with Gasteiger partial charge in [0.2, 0.25) is 4.96 Å². The van der Waals surface area contributed by atoms with Crippen molar-refractivity contribution in [3.63, 3.8) is 0 Å². The Balaban J connectivity index is 1.67. The molecule has 27 heavy (non-hydrogen) atoms. The fourth-order valence-electron chi connectivity index (χ4n) is 2.77. The molecule has 0 radical (unpaired) electrons. The Morgan fingerprint density at radius 2 is 2.00 bits per heavy atom. The summed E-state index contributed by atoms with van der Waals surface area (Å²) in [6.07, 6.45) is 2.83. The van der Waals surface area contributed by atoms with E-state index in [-0.39, 0.29) is 5.56 Å². The van der Waals surface area contributed by atoms with Crippen LogP contribution in [0, 0.1) is 6.92 Å². The Labute approximate surface area is 160 Å². The highest BCUT2D eigenvalue weighted by Crippen LogP contribution is 2.18. The van der Waals surface area contributed by atoms with Crippen molar-refractivity contribution >= 4 is 22.4 Å². The normalized spacial score (nSPS) is 12.0. The molecule has 0 spiro atoms. The zero-order valence-electron chi connectivity index (χ0n) is 15.2. The predicted octanol–water partition coefficient (Wildman–Crippen LogP) is 3.46. The van der Waals surface area contributed by atoms with E-state index in [1.807, 2.05) is 61.5 Å². The zero-order valence-corrected chi connectivity index (χ0v) is 16.0. The SMILES string of the molecule is CCCOc1ccc(C=c2sc3nc(-c4cccc(C)c4)nn3c2=O)cc1. The lowest BCUT2D eigenvalue weighted by atomic mass is 10.1. The summed E-state index contributed by atoms with van der Waals surface area (Å²) in [6, 6.07) is 15.7. The monoisotopic (exact) mass is 377 g/mol. The first-order valence-corrected chi connectivity index (χ1v) is 9.67. The molecule has 0 unspecified atom stereocenters. The summed E-state index contributed by atoms with van der Waals surface area (Å²) in [7, 11) is 0. The Morgan fingerprint density at radius 1 is 1.19 bits per heavy atom. The molecule has 2 aromatic carbocycles. The van der Waals surface area contributed by atoms with Crippen molar-refractivity contribution in [2.45, 2.75) is 20.3 Å². The van der Waals surface area contributed by atoms with Crippen LogP contribution in [-0.2, 0) is 0 Å². The van der Waals surface area contributed by atoms with Crippen LogP contribution in [0.4, 0.5) is 0 Å². The Kier molecular flexibility index (Phi) is 4.73. The van der Waals surface area contributed by atoms with Gasteiger partial charge in [-0.05, 0) is 43.2 Å². The molecule has 0 atom stereocenters. The molecule has 0 bridgehead atoms. The molecule has 0 saturated carbocycles. The number of fused-ring (bicyclic) bond motifs is 1. The predicted molar refractivity (Wildman–Crippen MR) is 108 cm³/mol. The van der Waals surface area contributed by atoms with E-state index < -0.39 is 0 Å². The first kappa shape index (κ1) is 17.4. The van der Waals surface area contributed by atoms with Crippen LogP contribution in [0.3, 0.4) is 0 Å². The maximum atomic E-state index is 12.7. The van der Waals surface area contributed by atoms with Crippen LogP contribution in [-0.4, -0.2) is 21.2 Å². The van der Waals surface area contributed by atoms with E-state index in [1.165, 1.54) is 15.9 Å². The van der Waals surface area contributed by atoms with Gasteiger partial charge in [0.05, 0.1) is 11.1 Å². The lowest BCUT2D eigenvalue weighted by Crippen LogP contribution is -2.23. The smallest absolute Gasteiger partial charge is 0.291 e. The Hall–Kier alpha value is -2.99. The van der Waals surface area contributed by atoms with Gasteiger partial charge in [0.15, 0.2) is 5.82 Å². The number of ether oxygens (including phenoxy) is 1. The van der Waals surface area contributed by atoms with Crippen LogP contribution >= 0.6 is 11.3 Å². The van der Waals surface area contributed by atoms with Gasteiger partial charge in [-0.25, -0.2) is 0 Å². The van der Waals surface area contributed by atoms with E-state index in [0.29, 0.717) is 21.9 Å². The Morgan fingerprint density at radius 3 is 2.70 bits per heavy atom. The number of hydrogen-bond donors (Lipinski definition) is 0. The molecule has 136 valence electrons. The van der Waals surface area contributed by atoms with Crippen molar-refractivity contribution in [1.82, 2.24) is 14.6 Å². The largest absolute Gasteiger partial charge is 0.494 e. The van der Waals surface area contributed by atoms with Crippen LogP contribution in [0.2, 0.25) is 0 Å². The van der Waals surface area contributed by atoms with Crippen LogP contribution in [0.5, 0.6) is 5.75 Å². The van der Waals surface area contributed by atoms with Gasteiger partial charge < -0.3 is 4.74 Å². The van der Waals surface area contributed by atoms with E-state index in [9.17, 15) is 4.79 Å². The standard InChI is InChI=1S/C21H19N3O2S/c1-3-11-26-17-9-7-15(8-10-17)13-18-20(25)24-21(27-18)22-19(23-24)16-6-4-5-14(2)12-16/h4-10,12-13H,3,11H2,1-2H3. The van der Waals surface area contributed by atoms with Crippen LogP contribution in [0.15, 0.2) is 53.3 Å². The number of aromatic nitrogens is 3. The number of benzene rings is 2. The van der Waals surface area contributed by atoms with Crippen molar-refractivity contribution < 1.29 is 4.74 Å². The van der Waals surface area contributed by atoms with Crippen LogP contribution in [0.1, 0.15) is 24.5 Å². The molecular formula is C21H19N3O2S. The highest BCUT2D eigenvalue weighted by molar-refractivity contribution is 7.15. The minimum Gasteiger partial charge on any atom is -0.494 e. The summed E-state index contributed by atoms with van der Waals surface area (Å²) in [5.74, 6) is 1.41. The second-order valence-corrected chi connectivity index (χ2v) is 7.34. The summed E-state index contributed by atoms with van der Waals surface area (Å²) < 4.78 is 7.58. The van der Waals surface area contributed by atoms with Gasteiger partial charge in [0, 0.05) is 5.56 Å². The number of hydrogen-bond acceptors (Lipinski definition) is 5. The van der Waals surface area contributed by atoms with Crippen molar-refractivity contribution in [1.29, 1.82) is 0 Å². The maximum Gasteiger partial charge on any atom is 0.291 e. The van der Waals surface area contributed by atoms with Crippen LogP contribution < -0.4 is 14.8 Å². The molecule has 0 N–H and O–H groups in total. The van der Waals surface area contributed by atoms with E-state index in [4.69, 9.17) is 4.74 Å². The molecule has 4 rings (SSSR count). The van der Waals surface area contributed by atoms with Gasteiger partial charge in [-0.3, -0.25) is 4.79 Å². The highest BCUT2D eigenvalue weighted by atomic mass is 32.1. The van der Waals surface area contributed by atoms with Gasteiger partial charge in [-0.2, -0.15) is 9.50 Å². The van der Waals surface area contributed by atoms with E-state index in [2.05, 4.69) is 17.0 Å². The number of rotatable bonds is 5. The topological polar surface area (TPSA) is 56.5 Å². The molecule has 4 aromatic rings. The summed E-state index contributed by atoms with van der Waals surface area (Å²) in [5, 5.41) is 4.40. The van der Waals surface area contributed by atoms with Gasteiger partial charge in [-0.1, -0.05) is 54.2 Å². The molecule has 0 amide bonds. The minimum atomic E-state index is -0.146. The molecule has 2 heterocycles. The van der Waals surface area contributed by atoms with Crippen molar-refractivity contribution in [2.75, 3.05) is 6.61 Å². The summed E-state index contributed by atoms with van der Waals surface area (Å²) >= 11 is 1.35. The highest BCUT2D eigenvalue weighted by Gasteiger charge is 2.12. The molecular weight excluding hydrogens is 358 g/mol. The van der Waals surface area contributed by atoms with E-state index in [0.717, 1.165) is 28.9 Å². The average Bonchev–Trinajstić information content (AvgIpc) is 3.21. The maximum absolute atomic E-state index is 12.7. The quantitative estimate of drug-likeness (QED) is 0.534. The minimum absolute atomic E-state index is 0.146. The molecule has 0 saturated heterocycles. The molecule has 0 aliphatic rings. The van der Waals surface area contributed by atoms with Gasteiger partial charge in [0.25, 0.3) is 5.56 Å². The van der Waals surface area contributed by atoms with Crippen molar-refractivity contribution in [3.8, 4) is 17.1 Å². The lowest BCUT2D eigenvalue weighted by Gasteiger charge is -2.03. The van der Waals surface area contributed by atoms with E-state index >= 15 is 0 Å². The first-order valence-electron chi connectivity index (χ1n) is 8.85. The second-order valence-electron chi connectivity index (χ2n) is 6.33. The third-order valence-corrected chi connectivity index (χ3v) is 5.07. The number of aryl methyl sites for hydroxylation is 1. The fraction of sp³-hybridized carbons (Fsp3) is 0.190. The molecule has 6 heteroatoms. The fourth-order valence-corrected chi connectivity index (χ4v) is 3.68. The Bertz CT molecular complexity index is 1190. The average molecular weight is 377 g/mol. The summed E-state index contributed by atoms with van der Waals surface area (Å²) in [4.78, 5) is 17.8. The zero-order chi connectivity index (χ0) is 18.8. The van der Waals surface area contributed by atoms with Crippen LogP contribution in [0.25, 0.3) is 22.4 Å². The molecule has 5 nitrogen and oxygen atoms in total. The van der Waals surface area contributed by atoms with Gasteiger partial charge >= 0.3 is 0 Å². The second kappa shape index (κ2) is 7.32. The third kappa shape index (κ3) is 3.61. The van der Waals surface area contributed by atoms with Crippen molar-refractivity contribution in [3.05, 3.63) is 74.5 Å². The van der Waals surface area contributed by atoms with Crippen molar-refractivity contribution in [2.24, 2.45) is 0 Å². The molecule has 0 aliphatic carbocycles.